The summed E-state index contributed by atoms with van der Waals surface area (Å²) in [5.41, 5.74) is 5.16. The maximum absolute atomic E-state index is 11.5. The van der Waals surface area contributed by atoms with Gasteiger partial charge in [0.25, 0.3) is 0 Å². The summed E-state index contributed by atoms with van der Waals surface area (Å²) in [4.78, 5) is 15.6. The van der Waals surface area contributed by atoms with Crippen LogP contribution in [0.2, 0.25) is 0 Å². The van der Waals surface area contributed by atoms with Crippen LogP contribution in [0.25, 0.3) is 0 Å². The molecular weight excluding hydrogens is 200 g/mol. The molecule has 6 heteroatoms. The van der Waals surface area contributed by atoms with Crippen LogP contribution in [0.15, 0.2) is 0 Å². The lowest BCUT2D eigenvalue weighted by Gasteiger charge is -2.32. The minimum Gasteiger partial charge on any atom is -0.379 e. The van der Waals surface area contributed by atoms with Crippen molar-refractivity contribution in [3.8, 4) is 0 Å². The standard InChI is InChI=1S/C8H16N4OS/c1-11-2-4-12(5-3-11)7(13)6-14-8(9)10/h2-6H2,1H3,(H3,9,10). The van der Waals surface area contributed by atoms with E-state index in [1.54, 1.807) is 0 Å². The lowest BCUT2D eigenvalue weighted by molar-refractivity contribution is -0.129. The molecule has 1 amide bonds. The largest absolute Gasteiger partial charge is 0.379 e. The van der Waals surface area contributed by atoms with Crippen molar-refractivity contribution in [2.75, 3.05) is 39.0 Å². The number of nitrogens with zero attached hydrogens (tertiary/aromatic N) is 2. The molecule has 1 heterocycles. The highest BCUT2D eigenvalue weighted by atomic mass is 32.2. The fraction of sp³-hybridized carbons (Fsp3) is 0.750. The van der Waals surface area contributed by atoms with Crippen molar-refractivity contribution in [3.05, 3.63) is 0 Å². The van der Waals surface area contributed by atoms with Crippen LogP contribution in [0.5, 0.6) is 0 Å². The average molecular weight is 216 g/mol. The average Bonchev–Trinajstić information content (AvgIpc) is 2.15. The molecule has 0 atom stereocenters. The zero-order valence-corrected chi connectivity index (χ0v) is 9.14. The first kappa shape index (κ1) is 11.3. The smallest absolute Gasteiger partial charge is 0.233 e. The zero-order valence-electron chi connectivity index (χ0n) is 8.32. The third-order valence-corrected chi connectivity index (χ3v) is 2.91. The number of amidine groups is 1. The number of piperazine rings is 1. The molecule has 0 aromatic heterocycles. The van der Waals surface area contributed by atoms with Crippen LogP contribution in [0.3, 0.4) is 0 Å². The number of hydrogen-bond donors (Lipinski definition) is 2. The summed E-state index contributed by atoms with van der Waals surface area (Å²) in [6.45, 7) is 3.43. The van der Waals surface area contributed by atoms with Gasteiger partial charge in [-0.25, -0.2) is 0 Å². The molecule has 0 radical (unpaired) electrons. The normalized spacial score (nSPS) is 18.2. The Labute approximate surface area is 88.1 Å². The van der Waals surface area contributed by atoms with E-state index in [4.69, 9.17) is 11.1 Å². The number of hydrogen-bond acceptors (Lipinski definition) is 4. The molecule has 0 aromatic carbocycles. The molecule has 0 unspecified atom stereocenters. The Morgan fingerprint density at radius 2 is 2.00 bits per heavy atom. The maximum Gasteiger partial charge on any atom is 0.233 e. The predicted octanol–water partition coefficient (Wildman–Crippen LogP) is -0.613. The second-order valence-electron chi connectivity index (χ2n) is 3.34. The first-order valence-corrected chi connectivity index (χ1v) is 5.51. The molecule has 0 saturated carbocycles. The SMILES string of the molecule is CN1CCN(C(=O)CSC(=N)N)CC1. The van der Waals surface area contributed by atoms with E-state index < -0.39 is 0 Å². The van der Waals surface area contributed by atoms with Crippen molar-refractivity contribution in [1.29, 1.82) is 5.41 Å². The van der Waals surface area contributed by atoms with Crippen molar-refractivity contribution in [3.63, 3.8) is 0 Å². The van der Waals surface area contributed by atoms with Crippen LogP contribution in [-0.2, 0) is 4.79 Å². The van der Waals surface area contributed by atoms with Crippen LogP contribution in [0, 0.1) is 5.41 Å². The van der Waals surface area contributed by atoms with Gasteiger partial charge in [0.2, 0.25) is 5.91 Å². The van der Waals surface area contributed by atoms with E-state index in [0.717, 1.165) is 37.9 Å². The van der Waals surface area contributed by atoms with Gasteiger partial charge in [-0.3, -0.25) is 10.2 Å². The summed E-state index contributed by atoms with van der Waals surface area (Å²) in [7, 11) is 2.05. The van der Waals surface area contributed by atoms with Gasteiger partial charge < -0.3 is 15.5 Å². The van der Waals surface area contributed by atoms with Crippen LogP contribution in [0.1, 0.15) is 0 Å². The molecule has 80 valence electrons. The monoisotopic (exact) mass is 216 g/mol. The molecule has 14 heavy (non-hydrogen) atoms. The maximum atomic E-state index is 11.5. The number of nitrogens with one attached hydrogen (secondary N) is 1. The molecular formula is C8H16N4OS. The zero-order chi connectivity index (χ0) is 10.6. The Morgan fingerprint density at radius 3 is 2.50 bits per heavy atom. The van der Waals surface area contributed by atoms with Crippen LogP contribution in [0.4, 0.5) is 0 Å². The number of rotatable bonds is 2. The quantitative estimate of drug-likeness (QED) is 0.477. The highest BCUT2D eigenvalue weighted by Gasteiger charge is 2.18. The molecule has 3 N–H and O–H groups in total. The summed E-state index contributed by atoms with van der Waals surface area (Å²) in [5, 5.41) is 7.00. The van der Waals surface area contributed by atoms with E-state index in [1.807, 2.05) is 11.9 Å². The van der Waals surface area contributed by atoms with Gasteiger partial charge in [-0.1, -0.05) is 11.8 Å². The molecule has 0 spiro atoms. The van der Waals surface area contributed by atoms with Gasteiger partial charge >= 0.3 is 0 Å². The fourth-order valence-electron chi connectivity index (χ4n) is 1.29. The molecule has 0 bridgehead atoms. The molecule has 5 nitrogen and oxygen atoms in total. The number of carbonyl (C=O) groups excluding carboxylic acids is 1. The Kier molecular flexibility index (Phi) is 4.21. The summed E-state index contributed by atoms with van der Waals surface area (Å²) in [5.74, 6) is 0.372. The highest BCUT2D eigenvalue weighted by molar-refractivity contribution is 8.14. The second-order valence-corrected chi connectivity index (χ2v) is 4.35. The number of thioether (sulfide) groups is 1. The van der Waals surface area contributed by atoms with Gasteiger partial charge in [-0.05, 0) is 7.05 Å². The Morgan fingerprint density at radius 1 is 1.43 bits per heavy atom. The molecule has 1 aliphatic heterocycles. The third-order valence-electron chi connectivity index (χ3n) is 2.21. The van der Waals surface area contributed by atoms with Crippen molar-refractivity contribution in [2.45, 2.75) is 0 Å². The molecule has 0 aromatic rings. The third kappa shape index (κ3) is 3.55. The van der Waals surface area contributed by atoms with Gasteiger partial charge in [-0.2, -0.15) is 0 Å². The highest BCUT2D eigenvalue weighted by Crippen LogP contribution is 2.04. The van der Waals surface area contributed by atoms with Gasteiger partial charge in [0.05, 0.1) is 5.75 Å². The first-order valence-electron chi connectivity index (χ1n) is 4.52. The van der Waals surface area contributed by atoms with Crippen LogP contribution < -0.4 is 5.73 Å². The van der Waals surface area contributed by atoms with Gasteiger partial charge in [0.15, 0.2) is 5.17 Å². The van der Waals surface area contributed by atoms with Crippen LogP contribution in [-0.4, -0.2) is 59.9 Å². The molecule has 0 aliphatic carbocycles. The Hall–Kier alpha value is -0.750. The lowest BCUT2D eigenvalue weighted by Crippen LogP contribution is -2.47. The van der Waals surface area contributed by atoms with Crippen molar-refractivity contribution < 1.29 is 4.79 Å². The molecule has 1 fully saturated rings. The fourth-order valence-corrected chi connectivity index (χ4v) is 1.75. The van der Waals surface area contributed by atoms with Gasteiger partial charge in [0.1, 0.15) is 0 Å². The molecule has 1 saturated heterocycles. The summed E-state index contributed by atoms with van der Waals surface area (Å²) in [6, 6.07) is 0. The molecule has 1 rings (SSSR count). The van der Waals surface area contributed by atoms with Crippen molar-refractivity contribution in [1.82, 2.24) is 9.80 Å². The first-order chi connectivity index (χ1) is 6.59. The summed E-state index contributed by atoms with van der Waals surface area (Å²) in [6.07, 6.45) is 0. The molecule has 1 aliphatic rings. The number of likely N-dealkylation sites (N-methyl/N-ethyl adjacent to an activating group) is 1. The van der Waals surface area contributed by atoms with Crippen molar-refractivity contribution >= 4 is 22.8 Å². The minimum absolute atomic E-state index is 0.00692. The van der Waals surface area contributed by atoms with E-state index in [0.29, 0.717) is 5.75 Å². The Balaban J connectivity index is 2.27. The Bertz CT molecular complexity index is 225. The van der Waals surface area contributed by atoms with E-state index >= 15 is 0 Å². The predicted molar refractivity (Wildman–Crippen MR) is 58.4 cm³/mol. The summed E-state index contributed by atoms with van der Waals surface area (Å²) >= 11 is 1.09. The minimum atomic E-state index is 0.00692. The van der Waals surface area contributed by atoms with Gasteiger partial charge in [-0.15, -0.1) is 0 Å². The van der Waals surface area contributed by atoms with Gasteiger partial charge in [0, 0.05) is 26.2 Å². The van der Waals surface area contributed by atoms with E-state index in [-0.39, 0.29) is 11.1 Å². The van der Waals surface area contributed by atoms with E-state index in [2.05, 4.69) is 4.90 Å². The van der Waals surface area contributed by atoms with E-state index in [1.165, 1.54) is 0 Å². The number of amides is 1. The van der Waals surface area contributed by atoms with E-state index in [9.17, 15) is 4.79 Å². The summed E-state index contributed by atoms with van der Waals surface area (Å²) < 4.78 is 0. The second kappa shape index (κ2) is 5.21. The lowest BCUT2D eigenvalue weighted by atomic mass is 10.3. The van der Waals surface area contributed by atoms with Crippen molar-refractivity contribution in [2.24, 2.45) is 5.73 Å². The van der Waals surface area contributed by atoms with Crippen LogP contribution >= 0.6 is 11.8 Å². The number of nitrogens with two attached hydrogens (primary N) is 1. The number of carbonyl (C=O) groups is 1. The topological polar surface area (TPSA) is 73.4 Å².